The van der Waals surface area contributed by atoms with Gasteiger partial charge in [0.25, 0.3) is 0 Å². The maximum absolute atomic E-state index is 2.51. The fourth-order valence-electron chi connectivity index (χ4n) is 11.1. The van der Waals surface area contributed by atoms with E-state index >= 15 is 0 Å². The molecule has 3 aliphatic carbocycles. The number of hydrogen-bond acceptors (Lipinski definition) is 3. The average Bonchev–Trinajstić information content (AvgIpc) is 3.83. The molecule has 5 aliphatic rings. The van der Waals surface area contributed by atoms with Gasteiger partial charge in [-0.3, -0.25) is 0 Å². The van der Waals surface area contributed by atoms with Gasteiger partial charge in [0.15, 0.2) is 0 Å². The molecule has 13 rings (SSSR count). The second-order valence-corrected chi connectivity index (χ2v) is 17.9. The summed E-state index contributed by atoms with van der Waals surface area (Å²) in [5, 5.41) is 1.31. The molecule has 66 heavy (non-hydrogen) atoms. The summed E-state index contributed by atoms with van der Waals surface area (Å²) in [5.41, 5.74) is 22.4. The van der Waals surface area contributed by atoms with Crippen LogP contribution in [0.1, 0.15) is 65.1 Å². The molecule has 316 valence electrons. The van der Waals surface area contributed by atoms with Gasteiger partial charge in [0.1, 0.15) is 0 Å². The van der Waals surface area contributed by atoms with Crippen LogP contribution in [0.4, 0.5) is 39.8 Å². The van der Waals surface area contributed by atoms with Gasteiger partial charge in [-0.2, -0.15) is 0 Å². The summed E-state index contributed by atoms with van der Waals surface area (Å²) in [6.07, 6.45) is 26.1. The quantitative estimate of drug-likeness (QED) is 0.159. The Morgan fingerprint density at radius 3 is 1.98 bits per heavy atom. The van der Waals surface area contributed by atoms with Crippen molar-refractivity contribution in [3.05, 3.63) is 251 Å². The van der Waals surface area contributed by atoms with Crippen molar-refractivity contribution >= 4 is 74.5 Å². The van der Waals surface area contributed by atoms with Gasteiger partial charge in [0.05, 0.1) is 16.9 Å². The van der Waals surface area contributed by atoms with Gasteiger partial charge in [0, 0.05) is 68.1 Å². The largest absolute Gasteiger partial charge is 0.313 e. The Bertz CT molecular complexity index is 3380. The monoisotopic (exact) mass is 848 g/mol. The molecule has 0 N–H and O–H groups in total. The van der Waals surface area contributed by atoms with Crippen molar-refractivity contribution in [1.29, 1.82) is 0 Å². The number of hydrogen-bond donors (Lipinski definition) is 0. The highest BCUT2D eigenvalue weighted by Gasteiger charge is 2.36. The molecule has 4 nitrogen and oxygen atoms in total. The molecular formula is C62H48N4. The SMILES string of the molecule is C1=CC(N(c2ccccc2)c2ccc(N3c4ccc(C5=CC=C6C(C5)c5ccccc5N6c5ccccc5)cc4C=Cc4cc5c(cc43)c3c(n5-c4ccccc4)C=CCC3)cc2)=CCC1. The third kappa shape index (κ3) is 6.35. The highest BCUT2D eigenvalue weighted by atomic mass is 15.2. The van der Waals surface area contributed by atoms with Crippen molar-refractivity contribution in [2.75, 3.05) is 14.7 Å². The number of fused-ring (bicyclic) bond motifs is 8. The van der Waals surface area contributed by atoms with Crippen molar-refractivity contribution in [3.63, 3.8) is 0 Å². The zero-order valence-corrected chi connectivity index (χ0v) is 36.8. The van der Waals surface area contributed by atoms with Crippen LogP contribution in [0.5, 0.6) is 0 Å². The fourth-order valence-corrected chi connectivity index (χ4v) is 11.1. The molecule has 1 unspecified atom stereocenters. The molecule has 0 saturated carbocycles. The van der Waals surface area contributed by atoms with Crippen molar-refractivity contribution in [2.24, 2.45) is 0 Å². The first kappa shape index (κ1) is 38.4. The summed E-state index contributed by atoms with van der Waals surface area (Å²) in [4.78, 5) is 7.34. The molecule has 2 aliphatic heterocycles. The van der Waals surface area contributed by atoms with Crippen LogP contribution in [-0.4, -0.2) is 4.57 Å². The van der Waals surface area contributed by atoms with E-state index in [9.17, 15) is 0 Å². The van der Waals surface area contributed by atoms with E-state index < -0.39 is 0 Å². The molecule has 0 amide bonds. The minimum atomic E-state index is 0.286. The number of nitrogens with zero attached hydrogens (tertiary/aromatic N) is 4. The highest BCUT2D eigenvalue weighted by Crippen LogP contribution is 2.53. The van der Waals surface area contributed by atoms with Gasteiger partial charge in [0.2, 0.25) is 0 Å². The molecule has 0 radical (unpaired) electrons. The second-order valence-electron chi connectivity index (χ2n) is 17.9. The molecule has 0 fully saturated rings. The lowest BCUT2D eigenvalue weighted by Gasteiger charge is -2.30. The maximum Gasteiger partial charge on any atom is 0.0545 e. The Morgan fingerprint density at radius 1 is 0.500 bits per heavy atom. The first-order valence-electron chi connectivity index (χ1n) is 23.5. The van der Waals surface area contributed by atoms with E-state index in [1.807, 2.05) is 0 Å². The van der Waals surface area contributed by atoms with Gasteiger partial charge < -0.3 is 19.3 Å². The molecule has 1 aromatic heterocycles. The molecular weight excluding hydrogens is 801 g/mol. The maximum atomic E-state index is 2.51. The molecule has 3 heterocycles. The number of rotatable bonds is 7. The summed E-state index contributed by atoms with van der Waals surface area (Å²) in [7, 11) is 0. The van der Waals surface area contributed by atoms with Crippen LogP contribution in [0.15, 0.2) is 218 Å². The Morgan fingerprint density at radius 2 is 1.20 bits per heavy atom. The third-order valence-electron chi connectivity index (χ3n) is 14.1. The summed E-state index contributed by atoms with van der Waals surface area (Å²) in [5.74, 6) is 0.286. The molecule has 0 saturated heterocycles. The fraction of sp³-hybridized carbons (Fsp3) is 0.0968. The Hall–Kier alpha value is -8.08. The standard InChI is InChI=1S/C62H48N4/c1-5-17-47(18-6-1)63(48-19-7-2-8-20-48)51-33-35-52(36-34-51)64-57-37-31-43(44-32-38-60-55(40-44)53-25-13-15-27-58(53)65(60)49-21-9-3-10-22-49)39-45(57)29-30-46-41-62-56(42-61(46)64)54-26-14-16-28-59(54)66(62)50-23-11-4-12-24-50/h1,3-7,9-13,15-25,27-39,41-42,55H,2,8,14,26,40H2. The van der Waals surface area contributed by atoms with Crippen LogP contribution < -0.4 is 14.7 Å². The first-order chi connectivity index (χ1) is 32.7. The summed E-state index contributed by atoms with van der Waals surface area (Å²) < 4.78 is 2.47. The predicted octanol–water partition coefficient (Wildman–Crippen LogP) is 16.5. The van der Waals surface area contributed by atoms with Crippen LogP contribution in [0.3, 0.4) is 0 Å². The van der Waals surface area contributed by atoms with E-state index in [1.165, 1.54) is 89.8 Å². The molecule has 4 heteroatoms. The number of benzene rings is 7. The minimum Gasteiger partial charge on any atom is -0.313 e. The lowest BCUT2D eigenvalue weighted by molar-refractivity contribution is 0.832. The number of anilines is 7. The van der Waals surface area contributed by atoms with Gasteiger partial charge in [-0.15, -0.1) is 0 Å². The Labute approximate surface area is 387 Å². The van der Waals surface area contributed by atoms with Crippen molar-refractivity contribution in [1.82, 2.24) is 4.57 Å². The highest BCUT2D eigenvalue weighted by molar-refractivity contribution is 6.02. The van der Waals surface area contributed by atoms with Crippen LogP contribution in [0.25, 0.3) is 40.4 Å². The second kappa shape index (κ2) is 15.9. The summed E-state index contributed by atoms with van der Waals surface area (Å²) >= 11 is 0. The topological polar surface area (TPSA) is 14.7 Å². The van der Waals surface area contributed by atoms with Gasteiger partial charge >= 0.3 is 0 Å². The third-order valence-corrected chi connectivity index (χ3v) is 14.1. The molecule has 7 aromatic carbocycles. The van der Waals surface area contributed by atoms with E-state index in [2.05, 4.69) is 244 Å². The van der Waals surface area contributed by atoms with E-state index in [1.54, 1.807) is 0 Å². The lowest BCUT2D eigenvalue weighted by Crippen LogP contribution is -2.17. The smallest absolute Gasteiger partial charge is 0.0545 e. The summed E-state index contributed by atoms with van der Waals surface area (Å²) in [6, 6.07) is 62.6. The van der Waals surface area contributed by atoms with Gasteiger partial charge in [-0.25, -0.2) is 0 Å². The Kier molecular flexibility index (Phi) is 9.23. The number of aromatic nitrogens is 1. The van der Waals surface area contributed by atoms with Crippen LogP contribution in [-0.2, 0) is 6.42 Å². The number of para-hydroxylation sites is 4. The van der Waals surface area contributed by atoms with E-state index in [-0.39, 0.29) is 5.92 Å². The van der Waals surface area contributed by atoms with Crippen LogP contribution >= 0.6 is 0 Å². The number of aryl methyl sites for hydroxylation is 1. The zero-order chi connectivity index (χ0) is 43.6. The van der Waals surface area contributed by atoms with E-state index in [4.69, 9.17) is 0 Å². The zero-order valence-electron chi connectivity index (χ0n) is 36.8. The van der Waals surface area contributed by atoms with Gasteiger partial charge in [-0.1, -0.05) is 115 Å². The first-order valence-corrected chi connectivity index (χ1v) is 23.5. The lowest BCUT2D eigenvalue weighted by atomic mass is 9.84. The van der Waals surface area contributed by atoms with Crippen LogP contribution in [0, 0.1) is 0 Å². The van der Waals surface area contributed by atoms with E-state index in [0.29, 0.717) is 0 Å². The summed E-state index contributed by atoms with van der Waals surface area (Å²) in [6.45, 7) is 0. The minimum absolute atomic E-state index is 0.286. The normalized spacial score (nSPS) is 16.7. The Balaban J connectivity index is 0.953. The average molecular weight is 849 g/mol. The molecule has 0 spiro atoms. The molecule has 8 aromatic rings. The molecule has 1 atom stereocenters. The number of allylic oxidation sites excluding steroid dienone is 8. The van der Waals surface area contributed by atoms with Gasteiger partial charge in [-0.05, 0) is 169 Å². The van der Waals surface area contributed by atoms with E-state index in [0.717, 1.165) is 49.2 Å². The predicted molar refractivity (Wildman–Crippen MR) is 278 cm³/mol. The van der Waals surface area contributed by atoms with Crippen LogP contribution in [0.2, 0.25) is 0 Å². The van der Waals surface area contributed by atoms with Crippen molar-refractivity contribution < 1.29 is 0 Å². The van der Waals surface area contributed by atoms with Crippen molar-refractivity contribution in [2.45, 2.75) is 38.0 Å². The molecule has 0 bridgehead atoms. The van der Waals surface area contributed by atoms with Crippen molar-refractivity contribution in [3.8, 4) is 5.69 Å².